The predicted molar refractivity (Wildman–Crippen MR) is 82.5 cm³/mol. The van der Waals surface area contributed by atoms with Crippen LogP contribution >= 0.6 is 0 Å². The summed E-state index contributed by atoms with van der Waals surface area (Å²) in [6, 6.07) is 13.9. The molecule has 3 rings (SSSR count). The molecule has 1 aromatic heterocycles. The van der Waals surface area contributed by atoms with Crippen LogP contribution in [-0.2, 0) is 4.74 Å². The van der Waals surface area contributed by atoms with Crippen LogP contribution in [0, 0.1) is 0 Å². The van der Waals surface area contributed by atoms with Gasteiger partial charge in [0.1, 0.15) is 5.75 Å². The Balaban J connectivity index is 1.40. The molecule has 0 bridgehead atoms. The van der Waals surface area contributed by atoms with Gasteiger partial charge in [-0.3, -0.25) is 4.98 Å². The summed E-state index contributed by atoms with van der Waals surface area (Å²) < 4.78 is 11.4. The van der Waals surface area contributed by atoms with Crippen molar-refractivity contribution in [1.82, 2.24) is 4.98 Å². The van der Waals surface area contributed by atoms with Crippen LogP contribution in [-0.4, -0.2) is 31.0 Å². The molecule has 1 aliphatic rings. The third-order valence-corrected chi connectivity index (χ3v) is 3.73. The van der Waals surface area contributed by atoms with Gasteiger partial charge < -0.3 is 14.4 Å². The minimum absolute atomic E-state index is 0.279. The van der Waals surface area contributed by atoms with Crippen LogP contribution in [0.1, 0.15) is 12.8 Å². The molecule has 2 heterocycles. The van der Waals surface area contributed by atoms with Crippen molar-refractivity contribution in [2.75, 3.05) is 24.8 Å². The first-order valence-corrected chi connectivity index (χ1v) is 7.36. The van der Waals surface area contributed by atoms with Crippen molar-refractivity contribution in [2.45, 2.75) is 18.9 Å². The zero-order chi connectivity index (χ0) is 14.3. The van der Waals surface area contributed by atoms with Gasteiger partial charge in [-0.15, -0.1) is 0 Å². The van der Waals surface area contributed by atoms with E-state index in [0.29, 0.717) is 6.79 Å². The lowest BCUT2D eigenvalue weighted by atomic mass is 10.1. The average Bonchev–Trinajstić information content (AvgIpc) is 2.57. The van der Waals surface area contributed by atoms with E-state index < -0.39 is 0 Å². The third kappa shape index (κ3) is 3.95. The van der Waals surface area contributed by atoms with Gasteiger partial charge in [0.25, 0.3) is 0 Å². The smallest absolute Gasteiger partial charge is 0.189 e. The van der Waals surface area contributed by atoms with Crippen LogP contribution < -0.4 is 9.64 Å². The monoisotopic (exact) mass is 284 g/mol. The van der Waals surface area contributed by atoms with Crippen molar-refractivity contribution in [2.24, 2.45) is 0 Å². The van der Waals surface area contributed by atoms with Crippen molar-refractivity contribution in [3.63, 3.8) is 0 Å². The first-order valence-electron chi connectivity index (χ1n) is 7.36. The molecule has 0 radical (unpaired) electrons. The Morgan fingerprint density at radius 2 is 1.86 bits per heavy atom. The van der Waals surface area contributed by atoms with E-state index in [4.69, 9.17) is 9.47 Å². The summed E-state index contributed by atoms with van der Waals surface area (Å²) >= 11 is 0. The molecular formula is C17H20N2O2. The van der Waals surface area contributed by atoms with E-state index in [2.05, 4.69) is 16.0 Å². The molecule has 21 heavy (non-hydrogen) atoms. The Morgan fingerprint density at radius 1 is 1.05 bits per heavy atom. The molecule has 4 nitrogen and oxygen atoms in total. The minimum atomic E-state index is 0.279. The summed E-state index contributed by atoms with van der Waals surface area (Å²) in [5.41, 5.74) is 1.19. The van der Waals surface area contributed by atoms with Crippen molar-refractivity contribution in [3.05, 3.63) is 54.9 Å². The summed E-state index contributed by atoms with van der Waals surface area (Å²) in [4.78, 5) is 6.52. The normalized spacial score (nSPS) is 15.9. The number of ether oxygens (including phenoxy) is 2. The van der Waals surface area contributed by atoms with Gasteiger partial charge >= 0.3 is 0 Å². The van der Waals surface area contributed by atoms with E-state index in [9.17, 15) is 0 Å². The fourth-order valence-corrected chi connectivity index (χ4v) is 2.54. The van der Waals surface area contributed by atoms with Crippen LogP contribution in [0.5, 0.6) is 5.75 Å². The highest BCUT2D eigenvalue weighted by atomic mass is 16.7. The SMILES string of the molecule is c1ccc(OCOC2CCN(c3cccnc3)CC2)cc1. The van der Waals surface area contributed by atoms with Crippen molar-refractivity contribution in [1.29, 1.82) is 0 Å². The number of rotatable bonds is 5. The molecule has 1 aromatic carbocycles. The Labute approximate surface area is 125 Å². The standard InChI is InChI=1S/C17H20N2O2/c1-2-6-16(7-3-1)20-14-21-17-8-11-19(12-9-17)15-5-4-10-18-13-15/h1-7,10,13,17H,8-9,11-12,14H2. The minimum Gasteiger partial charge on any atom is -0.468 e. The Morgan fingerprint density at radius 3 is 2.57 bits per heavy atom. The molecule has 0 unspecified atom stereocenters. The van der Waals surface area contributed by atoms with Crippen LogP contribution in [0.2, 0.25) is 0 Å². The van der Waals surface area contributed by atoms with Gasteiger partial charge in [0.2, 0.25) is 0 Å². The van der Waals surface area contributed by atoms with Crippen LogP contribution in [0.25, 0.3) is 0 Å². The fraction of sp³-hybridized carbons (Fsp3) is 0.353. The van der Waals surface area contributed by atoms with E-state index in [1.54, 1.807) is 6.20 Å². The second-order valence-electron chi connectivity index (χ2n) is 5.14. The lowest BCUT2D eigenvalue weighted by molar-refractivity contribution is -0.0447. The highest BCUT2D eigenvalue weighted by Gasteiger charge is 2.20. The van der Waals surface area contributed by atoms with Crippen molar-refractivity contribution in [3.8, 4) is 5.75 Å². The van der Waals surface area contributed by atoms with E-state index in [0.717, 1.165) is 31.7 Å². The molecule has 4 heteroatoms. The van der Waals surface area contributed by atoms with Gasteiger partial charge in [-0.25, -0.2) is 0 Å². The topological polar surface area (TPSA) is 34.6 Å². The molecular weight excluding hydrogens is 264 g/mol. The summed E-state index contributed by atoms with van der Waals surface area (Å²) in [6.07, 6.45) is 6.04. The van der Waals surface area contributed by atoms with Gasteiger partial charge in [0.15, 0.2) is 6.79 Å². The molecule has 0 amide bonds. The number of piperidine rings is 1. The maximum absolute atomic E-state index is 5.81. The zero-order valence-electron chi connectivity index (χ0n) is 12.0. The molecule has 0 aliphatic carbocycles. The van der Waals surface area contributed by atoms with Crippen LogP contribution in [0.15, 0.2) is 54.9 Å². The predicted octanol–water partition coefficient (Wildman–Crippen LogP) is 3.10. The second-order valence-corrected chi connectivity index (χ2v) is 5.14. The number of para-hydroxylation sites is 1. The molecule has 0 spiro atoms. The summed E-state index contributed by atoms with van der Waals surface area (Å²) in [5.74, 6) is 0.852. The Kier molecular flexibility index (Phi) is 4.69. The number of benzene rings is 1. The van der Waals surface area contributed by atoms with Gasteiger partial charge in [-0.05, 0) is 37.1 Å². The van der Waals surface area contributed by atoms with Gasteiger partial charge in [0.05, 0.1) is 18.0 Å². The lowest BCUT2D eigenvalue weighted by Crippen LogP contribution is -2.37. The number of hydrogen-bond donors (Lipinski definition) is 0. The number of nitrogens with zero attached hydrogens (tertiary/aromatic N) is 2. The van der Waals surface area contributed by atoms with Gasteiger partial charge in [0, 0.05) is 19.3 Å². The number of pyridine rings is 1. The molecule has 1 fully saturated rings. The molecule has 1 aliphatic heterocycles. The van der Waals surface area contributed by atoms with Crippen molar-refractivity contribution < 1.29 is 9.47 Å². The highest BCUT2D eigenvalue weighted by molar-refractivity contribution is 5.43. The van der Waals surface area contributed by atoms with Gasteiger partial charge in [-0.2, -0.15) is 0 Å². The average molecular weight is 284 g/mol. The highest BCUT2D eigenvalue weighted by Crippen LogP contribution is 2.20. The Bertz CT molecular complexity index is 522. The molecule has 1 saturated heterocycles. The molecule has 0 N–H and O–H groups in total. The first-order chi connectivity index (χ1) is 10.4. The van der Waals surface area contributed by atoms with E-state index in [1.165, 1.54) is 5.69 Å². The van der Waals surface area contributed by atoms with Gasteiger partial charge in [-0.1, -0.05) is 18.2 Å². The molecule has 110 valence electrons. The van der Waals surface area contributed by atoms with E-state index >= 15 is 0 Å². The Hall–Kier alpha value is -2.07. The zero-order valence-corrected chi connectivity index (χ0v) is 12.0. The number of hydrogen-bond acceptors (Lipinski definition) is 4. The molecule has 2 aromatic rings. The van der Waals surface area contributed by atoms with Crippen molar-refractivity contribution >= 4 is 5.69 Å². The maximum Gasteiger partial charge on any atom is 0.189 e. The second kappa shape index (κ2) is 7.09. The summed E-state index contributed by atoms with van der Waals surface area (Å²) in [5, 5.41) is 0. The summed E-state index contributed by atoms with van der Waals surface area (Å²) in [7, 11) is 0. The number of aromatic nitrogens is 1. The first kappa shape index (κ1) is 13.9. The fourth-order valence-electron chi connectivity index (χ4n) is 2.54. The molecule has 0 saturated carbocycles. The largest absolute Gasteiger partial charge is 0.468 e. The third-order valence-electron chi connectivity index (χ3n) is 3.73. The van der Waals surface area contributed by atoms with E-state index in [1.807, 2.05) is 42.6 Å². The molecule has 0 atom stereocenters. The van der Waals surface area contributed by atoms with Crippen LogP contribution in [0.4, 0.5) is 5.69 Å². The summed E-state index contributed by atoms with van der Waals surface area (Å²) in [6.45, 7) is 2.32. The maximum atomic E-state index is 5.81. The lowest BCUT2D eigenvalue weighted by Gasteiger charge is -2.33. The van der Waals surface area contributed by atoms with E-state index in [-0.39, 0.29) is 6.10 Å². The van der Waals surface area contributed by atoms with Crippen LogP contribution in [0.3, 0.4) is 0 Å². The number of anilines is 1. The quantitative estimate of drug-likeness (QED) is 0.790.